The van der Waals surface area contributed by atoms with Crippen LogP contribution in [0.1, 0.15) is 18.7 Å². The van der Waals surface area contributed by atoms with Gasteiger partial charge in [-0.25, -0.2) is 9.97 Å². The summed E-state index contributed by atoms with van der Waals surface area (Å²) in [5.74, 6) is 1.78. The second-order valence-electron chi connectivity index (χ2n) is 7.46. The summed E-state index contributed by atoms with van der Waals surface area (Å²) in [6.07, 6.45) is 3.23. The number of hydrogen-bond acceptors (Lipinski definition) is 6. The predicted molar refractivity (Wildman–Crippen MR) is 110 cm³/mol. The van der Waals surface area contributed by atoms with Gasteiger partial charge in [-0.15, -0.1) is 0 Å². The maximum absolute atomic E-state index is 10.9. The Hall–Kier alpha value is -1.96. The number of benzene rings is 1. The van der Waals surface area contributed by atoms with Gasteiger partial charge in [-0.3, -0.25) is 9.69 Å². The number of methoxy groups -OCH3 is 1. The zero-order chi connectivity index (χ0) is 19.5. The number of ether oxygens (including phenoxy) is 1. The van der Waals surface area contributed by atoms with Crippen molar-refractivity contribution in [2.24, 2.45) is 0 Å². The molecule has 1 aromatic heterocycles. The van der Waals surface area contributed by atoms with Gasteiger partial charge < -0.3 is 14.5 Å². The molecule has 3 heterocycles. The molecule has 2 fully saturated rings. The molecule has 8 heteroatoms. The van der Waals surface area contributed by atoms with Gasteiger partial charge in [0.2, 0.25) is 6.41 Å². The molecule has 0 spiro atoms. The minimum absolute atomic E-state index is 0.321. The summed E-state index contributed by atoms with van der Waals surface area (Å²) < 4.78 is 5.51. The normalized spacial score (nSPS) is 19.4. The van der Waals surface area contributed by atoms with Crippen molar-refractivity contribution in [3.05, 3.63) is 29.0 Å². The first-order chi connectivity index (χ1) is 13.7. The predicted octanol–water partition coefficient (Wildman–Crippen LogP) is 2.17. The molecular formula is C20H26ClN5O2. The van der Waals surface area contributed by atoms with Crippen molar-refractivity contribution >= 4 is 34.7 Å². The number of halogens is 1. The minimum atomic E-state index is 0.321. The van der Waals surface area contributed by atoms with E-state index in [1.165, 1.54) is 0 Å². The molecule has 150 valence electrons. The van der Waals surface area contributed by atoms with Crippen LogP contribution in [0.3, 0.4) is 0 Å². The summed E-state index contributed by atoms with van der Waals surface area (Å²) in [5.41, 5.74) is 0.921. The van der Waals surface area contributed by atoms with Crippen LogP contribution in [0.4, 0.5) is 5.82 Å². The zero-order valence-corrected chi connectivity index (χ0v) is 16.9. The van der Waals surface area contributed by atoms with Crippen LogP contribution < -0.4 is 4.90 Å². The number of aromatic nitrogens is 2. The third kappa shape index (κ3) is 4.21. The van der Waals surface area contributed by atoms with Gasteiger partial charge in [0.25, 0.3) is 0 Å². The number of carbonyl (C=O) groups is 1. The molecule has 0 radical (unpaired) electrons. The average Bonchev–Trinajstić information content (AvgIpc) is 2.74. The second kappa shape index (κ2) is 8.59. The first kappa shape index (κ1) is 19.4. The molecule has 0 atom stereocenters. The Morgan fingerprint density at radius 3 is 2.57 bits per heavy atom. The van der Waals surface area contributed by atoms with Gasteiger partial charge in [-0.05, 0) is 31.0 Å². The van der Waals surface area contributed by atoms with Crippen LogP contribution in [0.25, 0.3) is 10.9 Å². The van der Waals surface area contributed by atoms with Crippen molar-refractivity contribution in [3.8, 4) is 0 Å². The molecule has 0 aliphatic carbocycles. The third-order valence-corrected chi connectivity index (χ3v) is 5.91. The molecule has 4 rings (SSSR count). The van der Waals surface area contributed by atoms with E-state index in [-0.39, 0.29) is 0 Å². The van der Waals surface area contributed by atoms with E-state index in [1.807, 2.05) is 23.1 Å². The molecule has 1 amide bonds. The molecule has 2 aliphatic rings. The van der Waals surface area contributed by atoms with Crippen LogP contribution >= 0.6 is 11.6 Å². The summed E-state index contributed by atoms with van der Waals surface area (Å²) in [6.45, 7) is 5.70. The lowest BCUT2D eigenvalue weighted by Gasteiger charge is -2.34. The molecule has 28 heavy (non-hydrogen) atoms. The highest BCUT2D eigenvalue weighted by Crippen LogP contribution is 2.29. The zero-order valence-electron chi connectivity index (χ0n) is 16.2. The van der Waals surface area contributed by atoms with Gasteiger partial charge >= 0.3 is 0 Å². The van der Waals surface area contributed by atoms with Gasteiger partial charge in [-0.2, -0.15) is 0 Å². The van der Waals surface area contributed by atoms with E-state index in [1.54, 1.807) is 7.11 Å². The molecule has 0 bridgehead atoms. The van der Waals surface area contributed by atoms with E-state index in [4.69, 9.17) is 26.3 Å². The lowest BCUT2D eigenvalue weighted by Crippen LogP contribution is -2.45. The number of amides is 1. The van der Waals surface area contributed by atoms with Crippen LogP contribution in [-0.4, -0.2) is 78.7 Å². The Labute approximate surface area is 170 Å². The molecule has 0 saturated carbocycles. The Morgan fingerprint density at radius 1 is 1.14 bits per heavy atom. The fourth-order valence-corrected chi connectivity index (χ4v) is 4.15. The average molecular weight is 404 g/mol. The van der Waals surface area contributed by atoms with Crippen LogP contribution in [0, 0.1) is 0 Å². The van der Waals surface area contributed by atoms with Gasteiger partial charge in [-0.1, -0.05) is 11.6 Å². The van der Waals surface area contributed by atoms with Crippen molar-refractivity contribution in [3.63, 3.8) is 0 Å². The highest BCUT2D eigenvalue weighted by Gasteiger charge is 2.23. The van der Waals surface area contributed by atoms with Crippen LogP contribution in [0.2, 0.25) is 5.02 Å². The number of nitrogens with zero attached hydrogens (tertiary/aromatic N) is 5. The highest BCUT2D eigenvalue weighted by atomic mass is 35.5. The quantitative estimate of drug-likeness (QED) is 0.713. The number of piperazine rings is 1. The fraction of sp³-hybridized carbons (Fsp3) is 0.550. The lowest BCUT2D eigenvalue weighted by molar-refractivity contribution is -0.119. The van der Waals surface area contributed by atoms with Crippen molar-refractivity contribution in [2.45, 2.75) is 25.5 Å². The van der Waals surface area contributed by atoms with Crippen LogP contribution in [0.15, 0.2) is 18.2 Å². The smallest absolute Gasteiger partial charge is 0.209 e. The van der Waals surface area contributed by atoms with Crippen molar-refractivity contribution < 1.29 is 9.53 Å². The number of fused-ring (bicyclic) bond motifs is 1. The fourth-order valence-electron chi connectivity index (χ4n) is 3.97. The number of carbonyl (C=O) groups excluding carboxylic acids is 1. The third-order valence-electron chi connectivity index (χ3n) is 5.68. The molecule has 7 nitrogen and oxygen atoms in total. The molecule has 2 aliphatic heterocycles. The minimum Gasteiger partial charge on any atom is -0.381 e. The van der Waals surface area contributed by atoms with E-state index in [9.17, 15) is 4.79 Å². The van der Waals surface area contributed by atoms with Gasteiger partial charge in [0.15, 0.2) is 0 Å². The van der Waals surface area contributed by atoms with Gasteiger partial charge in [0.1, 0.15) is 11.6 Å². The first-order valence-electron chi connectivity index (χ1n) is 9.82. The molecule has 2 aromatic rings. The molecule has 0 N–H and O–H groups in total. The monoisotopic (exact) mass is 403 g/mol. The number of hydrogen-bond donors (Lipinski definition) is 0. The largest absolute Gasteiger partial charge is 0.381 e. The highest BCUT2D eigenvalue weighted by molar-refractivity contribution is 6.31. The van der Waals surface area contributed by atoms with E-state index in [0.29, 0.717) is 17.7 Å². The number of anilines is 1. The molecular weight excluding hydrogens is 378 g/mol. The van der Waals surface area contributed by atoms with E-state index < -0.39 is 0 Å². The van der Waals surface area contributed by atoms with Crippen LogP contribution in [-0.2, 0) is 16.1 Å². The summed E-state index contributed by atoms with van der Waals surface area (Å²) in [7, 11) is 1.78. The Kier molecular flexibility index (Phi) is 5.94. The lowest BCUT2D eigenvalue weighted by atomic mass is 10.1. The number of rotatable bonds is 5. The van der Waals surface area contributed by atoms with E-state index >= 15 is 0 Å². The first-order valence-corrected chi connectivity index (χ1v) is 10.2. The van der Waals surface area contributed by atoms with Gasteiger partial charge in [0, 0.05) is 56.8 Å². The summed E-state index contributed by atoms with van der Waals surface area (Å²) >= 11 is 6.26. The van der Waals surface area contributed by atoms with Crippen LogP contribution in [0.5, 0.6) is 0 Å². The Morgan fingerprint density at radius 2 is 1.89 bits per heavy atom. The molecule has 1 aromatic carbocycles. The van der Waals surface area contributed by atoms with Crippen molar-refractivity contribution in [1.82, 2.24) is 19.8 Å². The summed E-state index contributed by atoms with van der Waals surface area (Å²) in [4.78, 5) is 27.1. The molecule has 0 unspecified atom stereocenters. The van der Waals surface area contributed by atoms with Gasteiger partial charge in [0.05, 0.1) is 18.2 Å². The second-order valence-corrected chi connectivity index (χ2v) is 7.90. The van der Waals surface area contributed by atoms with Crippen molar-refractivity contribution in [2.75, 3.05) is 51.3 Å². The van der Waals surface area contributed by atoms with E-state index in [0.717, 1.165) is 81.1 Å². The summed E-state index contributed by atoms with van der Waals surface area (Å²) in [6, 6.07) is 5.81. The molecule has 2 saturated heterocycles. The summed E-state index contributed by atoms with van der Waals surface area (Å²) in [5, 5.41) is 1.69. The Bertz CT molecular complexity index is 833. The van der Waals surface area contributed by atoms with E-state index in [2.05, 4.69) is 9.80 Å². The standard InChI is InChI=1S/C20H26ClN5O2/c1-28-16-4-6-26(7-5-16)20-17-12-15(21)2-3-18(17)22-19(23-20)13-24-8-10-25(14-27)11-9-24/h2-3,12,14,16H,4-11,13H2,1H3. The maximum atomic E-state index is 10.9. The van der Waals surface area contributed by atoms with Crippen molar-refractivity contribution in [1.29, 1.82) is 0 Å². The SMILES string of the molecule is COC1CCN(c2nc(CN3CCN(C=O)CC3)nc3ccc(Cl)cc23)CC1. The topological polar surface area (TPSA) is 61.8 Å². The maximum Gasteiger partial charge on any atom is 0.209 e. The Balaban J connectivity index is 1.60. The number of piperidine rings is 1.